The highest BCUT2D eigenvalue weighted by Crippen LogP contribution is 2.36. The van der Waals surface area contributed by atoms with E-state index in [0.29, 0.717) is 6.61 Å². The van der Waals surface area contributed by atoms with E-state index in [1.807, 2.05) is 40.0 Å². The van der Waals surface area contributed by atoms with E-state index in [-0.39, 0.29) is 17.7 Å². The highest BCUT2D eigenvalue weighted by molar-refractivity contribution is 5.37. The Hall–Kier alpha value is -1.06. The van der Waals surface area contributed by atoms with Crippen molar-refractivity contribution < 1.29 is 9.47 Å². The lowest BCUT2D eigenvalue weighted by Gasteiger charge is -2.37. The molecule has 1 aromatic rings. The predicted molar refractivity (Wildman–Crippen MR) is 84.3 cm³/mol. The van der Waals surface area contributed by atoms with Crippen LogP contribution in [0.4, 0.5) is 0 Å². The summed E-state index contributed by atoms with van der Waals surface area (Å²) < 4.78 is 12.0. The van der Waals surface area contributed by atoms with Crippen LogP contribution in [0.2, 0.25) is 0 Å². The Bertz CT molecular complexity index is 406. The lowest BCUT2D eigenvalue weighted by molar-refractivity contribution is -0.0553. The van der Waals surface area contributed by atoms with Crippen molar-refractivity contribution in [3.05, 3.63) is 29.8 Å². The first kappa shape index (κ1) is 17.0. The fraction of sp³-hybridized carbons (Fsp3) is 0.647. The molecule has 20 heavy (non-hydrogen) atoms. The summed E-state index contributed by atoms with van der Waals surface area (Å²) in [5.74, 6) is 0.932. The van der Waals surface area contributed by atoms with E-state index in [1.165, 1.54) is 0 Å². The van der Waals surface area contributed by atoms with Crippen LogP contribution in [0.15, 0.2) is 24.3 Å². The summed E-state index contributed by atoms with van der Waals surface area (Å²) in [6.45, 7) is 11.2. The number of rotatable bonds is 8. The predicted octanol–water partition coefficient (Wildman–Crippen LogP) is 3.94. The third-order valence-electron chi connectivity index (χ3n) is 3.67. The molecule has 0 saturated carbocycles. The van der Waals surface area contributed by atoms with Gasteiger partial charge in [-0.3, -0.25) is 0 Å². The van der Waals surface area contributed by atoms with Crippen LogP contribution < -0.4 is 10.1 Å². The third-order valence-corrected chi connectivity index (χ3v) is 3.67. The van der Waals surface area contributed by atoms with E-state index in [4.69, 9.17) is 9.47 Å². The van der Waals surface area contributed by atoms with E-state index < -0.39 is 0 Å². The van der Waals surface area contributed by atoms with Gasteiger partial charge in [0.2, 0.25) is 0 Å². The fourth-order valence-electron chi connectivity index (χ4n) is 2.59. The maximum absolute atomic E-state index is 6.03. The minimum Gasteiger partial charge on any atom is -0.491 e. The molecule has 0 aliphatic heterocycles. The maximum atomic E-state index is 6.03. The van der Waals surface area contributed by atoms with Gasteiger partial charge in [-0.25, -0.2) is 0 Å². The number of nitrogens with one attached hydrogen (secondary N) is 1. The second-order valence-corrected chi connectivity index (χ2v) is 5.53. The molecule has 3 heteroatoms. The quantitative estimate of drug-likeness (QED) is 0.782. The van der Waals surface area contributed by atoms with Crippen LogP contribution in [0.3, 0.4) is 0 Å². The summed E-state index contributed by atoms with van der Waals surface area (Å²) in [6.07, 6.45) is 1.09. The lowest BCUT2D eigenvalue weighted by atomic mass is 9.87. The van der Waals surface area contributed by atoms with Gasteiger partial charge >= 0.3 is 0 Å². The third kappa shape index (κ3) is 3.97. The number of hydrogen-bond donors (Lipinski definition) is 1. The van der Waals surface area contributed by atoms with Gasteiger partial charge in [-0.1, -0.05) is 25.1 Å². The SMILES string of the molecule is CCOC(C)(CC)C(NC)c1ccccc1OC(C)C. The molecule has 0 amide bonds. The molecule has 0 heterocycles. The highest BCUT2D eigenvalue weighted by Gasteiger charge is 2.35. The van der Waals surface area contributed by atoms with E-state index in [0.717, 1.165) is 17.7 Å². The van der Waals surface area contributed by atoms with Gasteiger partial charge in [0.05, 0.1) is 17.7 Å². The Morgan fingerprint density at radius 3 is 2.35 bits per heavy atom. The summed E-state index contributed by atoms with van der Waals surface area (Å²) in [4.78, 5) is 0. The molecule has 1 N–H and O–H groups in total. The van der Waals surface area contributed by atoms with Gasteiger partial charge in [0.25, 0.3) is 0 Å². The first-order valence-corrected chi connectivity index (χ1v) is 7.55. The van der Waals surface area contributed by atoms with Gasteiger partial charge in [-0.05, 0) is 47.2 Å². The Morgan fingerprint density at radius 2 is 1.85 bits per heavy atom. The molecule has 2 atom stereocenters. The molecule has 0 bridgehead atoms. The molecule has 0 aromatic heterocycles. The van der Waals surface area contributed by atoms with Crippen LogP contribution in [-0.2, 0) is 4.74 Å². The van der Waals surface area contributed by atoms with Crippen molar-refractivity contribution >= 4 is 0 Å². The zero-order chi connectivity index (χ0) is 15.2. The van der Waals surface area contributed by atoms with Crippen molar-refractivity contribution in [1.82, 2.24) is 5.32 Å². The van der Waals surface area contributed by atoms with Crippen molar-refractivity contribution in [2.24, 2.45) is 0 Å². The lowest BCUT2D eigenvalue weighted by Crippen LogP contribution is -2.42. The molecule has 0 saturated heterocycles. The van der Waals surface area contributed by atoms with Crippen molar-refractivity contribution in [3.63, 3.8) is 0 Å². The van der Waals surface area contributed by atoms with Crippen LogP contribution >= 0.6 is 0 Å². The van der Waals surface area contributed by atoms with Crippen molar-refractivity contribution in [1.29, 1.82) is 0 Å². The van der Waals surface area contributed by atoms with Gasteiger partial charge in [0.15, 0.2) is 0 Å². The summed E-state index contributed by atoms with van der Waals surface area (Å²) in [5.41, 5.74) is 0.904. The molecule has 3 nitrogen and oxygen atoms in total. The minimum atomic E-state index is -0.250. The summed E-state index contributed by atoms with van der Waals surface area (Å²) in [6, 6.07) is 8.31. The molecule has 0 aliphatic rings. The average molecular weight is 279 g/mol. The first-order valence-electron chi connectivity index (χ1n) is 7.55. The molecule has 114 valence electrons. The first-order chi connectivity index (χ1) is 9.48. The molecule has 0 radical (unpaired) electrons. The zero-order valence-corrected chi connectivity index (χ0v) is 13.7. The Labute approximate surface area is 123 Å². The zero-order valence-electron chi connectivity index (χ0n) is 13.7. The molecule has 2 unspecified atom stereocenters. The number of hydrogen-bond acceptors (Lipinski definition) is 3. The number of ether oxygens (including phenoxy) is 2. The van der Waals surface area contributed by atoms with Crippen molar-refractivity contribution in [3.8, 4) is 5.75 Å². The summed E-state index contributed by atoms with van der Waals surface area (Å²) >= 11 is 0. The van der Waals surface area contributed by atoms with Gasteiger partial charge in [-0.2, -0.15) is 0 Å². The van der Waals surface area contributed by atoms with E-state index >= 15 is 0 Å². The molecule has 1 aromatic carbocycles. The summed E-state index contributed by atoms with van der Waals surface area (Å²) in [5, 5.41) is 3.40. The van der Waals surface area contributed by atoms with Crippen LogP contribution in [0, 0.1) is 0 Å². The fourth-order valence-corrected chi connectivity index (χ4v) is 2.59. The normalized spacial score (nSPS) is 15.9. The standard InChI is InChI=1S/C17H29NO2/c1-7-17(5,19-8-2)16(18-6)14-11-9-10-12-15(14)20-13(3)4/h9-13,16,18H,7-8H2,1-6H3. The Kier molecular flexibility index (Phi) is 6.50. The van der Waals surface area contributed by atoms with E-state index in [1.54, 1.807) is 0 Å². The Morgan fingerprint density at radius 1 is 1.20 bits per heavy atom. The largest absolute Gasteiger partial charge is 0.491 e. The topological polar surface area (TPSA) is 30.5 Å². The minimum absolute atomic E-state index is 0.0994. The Balaban J connectivity index is 3.17. The van der Waals surface area contributed by atoms with Gasteiger partial charge in [0, 0.05) is 12.2 Å². The molecular formula is C17H29NO2. The molecule has 0 fully saturated rings. The van der Waals surface area contributed by atoms with Crippen LogP contribution in [0.25, 0.3) is 0 Å². The van der Waals surface area contributed by atoms with Crippen LogP contribution in [0.5, 0.6) is 5.75 Å². The second-order valence-electron chi connectivity index (χ2n) is 5.53. The van der Waals surface area contributed by atoms with Gasteiger partial charge in [0.1, 0.15) is 5.75 Å². The maximum Gasteiger partial charge on any atom is 0.124 e. The molecule has 1 rings (SSSR count). The summed E-state index contributed by atoms with van der Waals surface area (Å²) in [7, 11) is 1.98. The van der Waals surface area contributed by atoms with Gasteiger partial charge < -0.3 is 14.8 Å². The highest BCUT2D eigenvalue weighted by atomic mass is 16.5. The van der Waals surface area contributed by atoms with Crippen molar-refractivity contribution in [2.75, 3.05) is 13.7 Å². The van der Waals surface area contributed by atoms with Crippen LogP contribution in [0.1, 0.15) is 52.6 Å². The molecular weight excluding hydrogens is 250 g/mol. The molecule has 0 aliphatic carbocycles. The van der Waals surface area contributed by atoms with Crippen LogP contribution in [-0.4, -0.2) is 25.4 Å². The second kappa shape index (κ2) is 7.65. The number of benzene rings is 1. The smallest absolute Gasteiger partial charge is 0.124 e. The monoisotopic (exact) mass is 279 g/mol. The number of para-hydroxylation sites is 1. The number of likely N-dealkylation sites (N-methyl/N-ethyl adjacent to an activating group) is 1. The van der Waals surface area contributed by atoms with Gasteiger partial charge in [-0.15, -0.1) is 0 Å². The van der Waals surface area contributed by atoms with E-state index in [2.05, 4.69) is 31.3 Å². The average Bonchev–Trinajstić information content (AvgIpc) is 2.41. The van der Waals surface area contributed by atoms with E-state index in [9.17, 15) is 0 Å². The molecule has 0 spiro atoms. The van der Waals surface area contributed by atoms with Crippen molar-refractivity contribution in [2.45, 2.75) is 58.8 Å².